The Bertz CT molecular complexity index is 1210. The van der Waals surface area contributed by atoms with Gasteiger partial charge in [-0.25, -0.2) is 4.39 Å². The van der Waals surface area contributed by atoms with E-state index in [-0.39, 0.29) is 36.9 Å². The highest BCUT2D eigenvalue weighted by Gasteiger charge is 2.55. The van der Waals surface area contributed by atoms with Crippen molar-refractivity contribution in [2.24, 2.45) is 5.41 Å². The highest BCUT2D eigenvalue weighted by Crippen LogP contribution is 2.48. The van der Waals surface area contributed by atoms with Crippen LogP contribution >= 0.6 is 0 Å². The van der Waals surface area contributed by atoms with Crippen LogP contribution in [0.1, 0.15) is 61.0 Å². The molecule has 5 nitrogen and oxygen atoms in total. The van der Waals surface area contributed by atoms with Gasteiger partial charge in [0.2, 0.25) is 5.91 Å². The maximum Gasteiger partial charge on any atom is 0.416 e. The second-order valence-electron chi connectivity index (χ2n) is 10.3. The topological polar surface area (TPSA) is 55.8 Å². The number of fused-ring (bicyclic) bond motifs is 1. The van der Waals surface area contributed by atoms with Gasteiger partial charge in [0.15, 0.2) is 0 Å². The van der Waals surface area contributed by atoms with Gasteiger partial charge in [0.25, 0.3) is 0 Å². The SMILES string of the molecule is COC(=O)C1(C)CC(=O)N2CC(O[C@H](C)c3cc(C(F)(F)F)cc(C(F)(F)F)c3)[C@@H](c3ccc(F)cc3)C2C1. The Balaban J connectivity index is 1.72. The summed E-state index contributed by atoms with van der Waals surface area (Å²) in [4.78, 5) is 27.1. The quantitative estimate of drug-likeness (QED) is 0.319. The Morgan fingerprint density at radius 1 is 1.03 bits per heavy atom. The smallest absolute Gasteiger partial charge is 0.416 e. The fourth-order valence-corrected chi connectivity index (χ4v) is 5.58. The number of hydrogen-bond acceptors (Lipinski definition) is 4. The zero-order valence-corrected chi connectivity index (χ0v) is 21.2. The molecule has 2 heterocycles. The Morgan fingerprint density at radius 2 is 1.59 bits per heavy atom. The number of alkyl halides is 6. The van der Waals surface area contributed by atoms with Crippen LogP contribution < -0.4 is 0 Å². The minimum absolute atomic E-state index is 0.0156. The number of amides is 1. The van der Waals surface area contributed by atoms with Crippen molar-refractivity contribution in [2.75, 3.05) is 13.7 Å². The number of benzene rings is 2. The predicted molar refractivity (Wildman–Crippen MR) is 124 cm³/mol. The lowest BCUT2D eigenvalue weighted by molar-refractivity contribution is -0.161. The largest absolute Gasteiger partial charge is 0.469 e. The van der Waals surface area contributed by atoms with E-state index in [4.69, 9.17) is 9.47 Å². The van der Waals surface area contributed by atoms with Crippen LogP contribution in [0.5, 0.6) is 0 Å². The molecule has 212 valence electrons. The summed E-state index contributed by atoms with van der Waals surface area (Å²) in [6.07, 6.45) is -12.1. The maximum atomic E-state index is 13.7. The molecule has 12 heteroatoms. The first-order chi connectivity index (χ1) is 18.0. The maximum absolute atomic E-state index is 13.7. The van der Waals surface area contributed by atoms with E-state index in [2.05, 4.69) is 0 Å². The summed E-state index contributed by atoms with van der Waals surface area (Å²) in [5, 5.41) is 0. The number of esters is 1. The Labute approximate surface area is 219 Å². The van der Waals surface area contributed by atoms with Crippen LogP contribution in [-0.2, 0) is 31.4 Å². The molecule has 3 unspecified atom stereocenters. The molecule has 0 aromatic heterocycles. The van der Waals surface area contributed by atoms with Gasteiger partial charge in [-0.15, -0.1) is 0 Å². The third kappa shape index (κ3) is 5.75. The van der Waals surface area contributed by atoms with E-state index in [9.17, 15) is 40.3 Å². The lowest BCUT2D eigenvalue weighted by Crippen LogP contribution is -2.50. The van der Waals surface area contributed by atoms with E-state index >= 15 is 0 Å². The third-order valence-corrected chi connectivity index (χ3v) is 7.50. The highest BCUT2D eigenvalue weighted by molar-refractivity contribution is 5.87. The van der Waals surface area contributed by atoms with Crippen LogP contribution in [0.25, 0.3) is 0 Å². The number of nitrogens with zero attached hydrogens (tertiary/aromatic N) is 1. The van der Waals surface area contributed by atoms with E-state index in [0.717, 1.165) is 0 Å². The average molecular weight is 561 g/mol. The first-order valence-corrected chi connectivity index (χ1v) is 12.1. The van der Waals surface area contributed by atoms with Gasteiger partial charge in [-0.05, 0) is 61.7 Å². The monoisotopic (exact) mass is 561 g/mol. The van der Waals surface area contributed by atoms with Crippen molar-refractivity contribution in [2.45, 2.75) is 63.2 Å². The van der Waals surface area contributed by atoms with Crippen molar-refractivity contribution in [3.63, 3.8) is 0 Å². The number of rotatable bonds is 5. The number of methoxy groups -OCH3 is 1. The van der Waals surface area contributed by atoms with Crippen LogP contribution in [0.4, 0.5) is 30.7 Å². The molecule has 39 heavy (non-hydrogen) atoms. The van der Waals surface area contributed by atoms with Gasteiger partial charge in [-0.1, -0.05) is 12.1 Å². The molecular weight excluding hydrogens is 535 g/mol. The first-order valence-electron chi connectivity index (χ1n) is 12.1. The van der Waals surface area contributed by atoms with Crippen molar-refractivity contribution in [1.29, 1.82) is 0 Å². The zero-order chi connectivity index (χ0) is 28.9. The molecule has 0 bridgehead atoms. The van der Waals surface area contributed by atoms with Gasteiger partial charge in [-0.2, -0.15) is 26.3 Å². The molecule has 0 N–H and O–H groups in total. The first kappa shape index (κ1) is 28.8. The summed E-state index contributed by atoms with van der Waals surface area (Å²) in [6, 6.07) is 6.00. The van der Waals surface area contributed by atoms with Crippen molar-refractivity contribution >= 4 is 11.9 Å². The summed E-state index contributed by atoms with van der Waals surface area (Å²) in [5.74, 6) is -2.13. The van der Waals surface area contributed by atoms with Crippen molar-refractivity contribution < 1.29 is 49.8 Å². The minimum Gasteiger partial charge on any atom is -0.469 e. The molecule has 2 aliphatic heterocycles. The van der Waals surface area contributed by atoms with Crippen LogP contribution in [0.3, 0.4) is 0 Å². The average Bonchev–Trinajstić information content (AvgIpc) is 3.20. The molecule has 4 rings (SSSR count). The van der Waals surface area contributed by atoms with Gasteiger partial charge in [0.1, 0.15) is 5.82 Å². The summed E-state index contributed by atoms with van der Waals surface area (Å²) in [7, 11) is 1.20. The van der Waals surface area contributed by atoms with Gasteiger partial charge in [-0.3, -0.25) is 9.59 Å². The van der Waals surface area contributed by atoms with Crippen LogP contribution in [0, 0.1) is 11.2 Å². The molecule has 5 atom stereocenters. The van der Waals surface area contributed by atoms with Crippen LogP contribution in [-0.4, -0.2) is 42.6 Å². The highest BCUT2D eigenvalue weighted by atomic mass is 19.4. The number of piperidine rings is 1. The Hall–Kier alpha value is -3.15. The van der Waals surface area contributed by atoms with Crippen molar-refractivity contribution in [1.82, 2.24) is 4.90 Å². The number of hydrogen-bond donors (Lipinski definition) is 0. The molecular formula is C27H26F7NO4. The van der Waals surface area contributed by atoms with Gasteiger partial charge < -0.3 is 14.4 Å². The standard InChI is InChI=1S/C27H26F7NO4/c1-14(16-8-17(26(29,30)31)10-18(9-16)27(32,33)34)39-21-13-35-20(23(21)15-4-6-19(28)7-5-15)11-25(2,12-22(35)36)24(37)38-3/h4-10,14,20-21,23H,11-13H2,1-3H3/t14-,20?,21?,23+,25?/m1/s1. The van der Waals surface area contributed by atoms with E-state index in [1.54, 1.807) is 6.92 Å². The lowest BCUT2D eigenvalue weighted by Gasteiger charge is -2.41. The van der Waals surface area contributed by atoms with Gasteiger partial charge in [0.05, 0.1) is 35.9 Å². The second kappa shape index (κ2) is 10.1. The predicted octanol–water partition coefficient (Wildman–Crippen LogP) is 6.28. The molecule has 0 saturated carbocycles. The molecule has 0 aliphatic carbocycles. The number of ether oxygens (including phenoxy) is 2. The molecule has 1 amide bonds. The molecule has 2 fully saturated rings. The fraction of sp³-hybridized carbons (Fsp3) is 0.481. The zero-order valence-electron chi connectivity index (χ0n) is 21.2. The second-order valence-corrected chi connectivity index (χ2v) is 10.3. The molecule has 2 saturated heterocycles. The molecule has 0 spiro atoms. The van der Waals surface area contributed by atoms with E-state index in [0.29, 0.717) is 17.7 Å². The Morgan fingerprint density at radius 3 is 2.10 bits per heavy atom. The van der Waals surface area contributed by atoms with E-state index < -0.39 is 64.8 Å². The summed E-state index contributed by atoms with van der Waals surface area (Å²) in [5.41, 5.74) is -3.89. The van der Waals surface area contributed by atoms with E-state index in [1.165, 1.54) is 43.2 Å². The molecule has 0 radical (unpaired) electrons. The molecule has 2 aliphatic rings. The van der Waals surface area contributed by atoms with E-state index in [1.807, 2.05) is 0 Å². The van der Waals surface area contributed by atoms with Gasteiger partial charge >= 0.3 is 18.3 Å². The third-order valence-electron chi connectivity index (χ3n) is 7.50. The minimum atomic E-state index is -5.02. The van der Waals surface area contributed by atoms with Gasteiger partial charge in [0, 0.05) is 24.9 Å². The lowest BCUT2D eigenvalue weighted by atomic mass is 9.73. The van der Waals surface area contributed by atoms with Crippen molar-refractivity contribution in [3.05, 3.63) is 70.5 Å². The number of halogens is 7. The fourth-order valence-electron chi connectivity index (χ4n) is 5.58. The van der Waals surface area contributed by atoms with Crippen LogP contribution in [0.2, 0.25) is 0 Å². The summed E-state index contributed by atoms with van der Waals surface area (Å²) < 4.78 is 105. The van der Waals surface area contributed by atoms with Crippen molar-refractivity contribution in [3.8, 4) is 0 Å². The molecule has 2 aromatic rings. The number of carbonyl (C=O) groups excluding carboxylic acids is 2. The molecule has 2 aromatic carbocycles. The summed E-state index contributed by atoms with van der Waals surface area (Å²) in [6.45, 7) is 2.90. The van der Waals surface area contributed by atoms with Crippen LogP contribution in [0.15, 0.2) is 42.5 Å². The normalized spacial score (nSPS) is 26.4. The Kier molecular flexibility index (Phi) is 7.48. The summed E-state index contributed by atoms with van der Waals surface area (Å²) >= 11 is 0. The number of carbonyl (C=O) groups is 2.